The number of nitrogens with zero attached hydrogens (tertiary/aromatic N) is 2. The van der Waals surface area contributed by atoms with E-state index in [1.807, 2.05) is 0 Å². The second-order valence-corrected chi connectivity index (χ2v) is 14.1. The zero-order valence-corrected chi connectivity index (χ0v) is 22.7. The molecule has 0 fully saturated rings. The molecule has 0 spiro atoms. The van der Waals surface area contributed by atoms with Crippen molar-refractivity contribution in [2.24, 2.45) is 4.40 Å². The van der Waals surface area contributed by atoms with Crippen molar-refractivity contribution < 1.29 is 26.4 Å². The van der Waals surface area contributed by atoms with Gasteiger partial charge in [0.2, 0.25) is 0 Å². The van der Waals surface area contributed by atoms with Crippen molar-refractivity contribution in [3.05, 3.63) is 69.0 Å². The molecule has 0 aliphatic carbocycles. The van der Waals surface area contributed by atoms with Crippen molar-refractivity contribution in [3.8, 4) is 0 Å². The molecule has 0 amide bonds. The van der Waals surface area contributed by atoms with Gasteiger partial charge in [0.25, 0.3) is 20.0 Å². The first kappa shape index (κ1) is 25.2. The van der Waals surface area contributed by atoms with Gasteiger partial charge < -0.3 is 4.74 Å². The smallest absolute Gasteiger partial charge is 0.339 e. The predicted octanol–water partition coefficient (Wildman–Crippen LogP) is 5.39. The zero-order valence-electron chi connectivity index (χ0n) is 17.1. The molecule has 14 heteroatoms. The van der Waals surface area contributed by atoms with Crippen LogP contribution in [0.4, 0.5) is 5.69 Å². The Hall–Kier alpha value is -1.90. The third-order valence-corrected chi connectivity index (χ3v) is 11.2. The molecule has 0 saturated heterocycles. The summed E-state index contributed by atoms with van der Waals surface area (Å²) in [4.78, 5) is 12.0. The molecule has 8 nitrogen and oxygen atoms in total. The summed E-state index contributed by atoms with van der Waals surface area (Å²) in [6.45, 7) is 1.69. The van der Waals surface area contributed by atoms with Crippen LogP contribution in [-0.4, -0.2) is 34.6 Å². The SMILES string of the molecule is CCOC(=O)c1cc2c(cc1Cl)SC(N(c1ccccc1)S(=O)(=O)c1ccc(Br)s1)=NS2(=O)=O. The molecule has 0 N–H and O–H groups in total. The number of para-hydroxylation sites is 1. The molecular formula is C20H14BrClN2O6S4. The largest absolute Gasteiger partial charge is 0.462 e. The second-order valence-electron chi connectivity index (χ2n) is 6.61. The maximum atomic E-state index is 13.6. The van der Waals surface area contributed by atoms with E-state index in [-0.39, 0.29) is 42.0 Å². The Labute approximate surface area is 217 Å². The zero-order chi connectivity index (χ0) is 24.7. The van der Waals surface area contributed by atoms with Crippen molar-refractivity contribution in [2.45, 2.75) is 20.9 Å². The van der Waals surface area contributed by atoms with Crippen molar-refractivity contribution >= 4 is 87.5 Å². The van der Waals surface area contributed by atoms with Gasteiger partial charge in [-0.05, 0) is 71.0 Å². The summed E-state index contributed by atoms with van der Waals surface area (Å²) in [6.07, 6.45) is 0. The first-order valence-electron chi connectivity index (χ1n) is 9.44. The van der Waals surface area contributed by atoms with Crippen LogP contribution in [0, 0.1) is 0 Å². The van der Waals surface area contributed by atoms with Gasteiger partial charge in [0, 0.05) is 4.90 Å². The Balaban J connectivity index is 1.88. The fourth-order valence-corrected chi connectivity index (χ4v) is 9.73. The van der Waals surface area contributed by atoms with Gasteiger partial charge in [0.15, 0.2) is 5.17 Å². The molecule has 0 bridgehead atoms. The molecule has 4 rings (SSSR count). The van der Waals surface area contributed by atoms with E-state index < -0.39 is 26.0 Å². The van der Waals surface area contributed by atoms with Crippen LogP contribution in [0.1, 0.15) is 17.3 Å². The number of rotatable bonds is 5. The molecule has 178 valence electrons. The third-order valence-electron chi connectivity index (χ3n) is 4.41. The highest BCUT2D eigenvalue weighted by Crippen LogP contribution is 2.41. The average molecular weight is 622 g/mol. The van der Waals surface area contributed by atoms with Crippen LogP contribution in [0.2, 0.25) is 5.02 Å². The first-order chi connectivity index (χ1) is 16.0. The molecule has 1 aliphatic rings. The van der Waals surface area contributed by atoms with Crippen LogP contribution >= 0.6 is 50.6 Å². The quantitative estimate of drug-likeness (QED) is 0.352. The lowest BCUT2D eigenvalue weighted by atomic mass is 10.2. The molecular weight excluding hydrogens is 608 g/mol. The van der Waals surface area contributed by atoms with E-state index in [1.165, 1.54) is 24.3 Å². The van der Waals surface area contributed by atoms with Crippen LogP contribution in [0.25, 0.3) is 0 Å². The molecule has 2 aromatic carbocycles. The van der Waals surface area contributed by atoms with Gasteiger partial charge in [0.05, 0.1) is 26.7 Å². The topological polar surface area (TPSA) is 110 Å². The summed E-state index contributed by atoms with van der Waals surface area (Å²) in [6, 6.07) is 13.4. The van der Waals surface area contributed by atoms with Crippen molar-refractivity contribution in [2.75, 3.05) is 10.9 Å². The number of sulfonamides is 2. The van der Waals surface area contributed by atoms with Gasteiger partial charge in [-0.3, -0.25) is 0 Å². The maximum absolute atomic E-state index is 13.6. The predicted molar refractivity (Wildman–Crippen MR) is 136 cm³/mol. The fraction of sp³-hybridized carbons (Fsp3) is 0.100. The summed E-state index contributed by atoms with van der Waals surface area (Å²) in [5.74, 6) is -0.776. The lowest BCUT2D eigenvalue weighted by Crippen LogP contribution is -2.36. The second kappa shape index (κ2) is 9.63. The number of esters is 1. The molecule has 0 atom stereocenters. The van der Waals surface area contributed by atoms with Crippen molar-refractivity contribution in [3.63, 3.8) is 0 Å². The average Bonchev–Trinajstić information content (AvgIpc) is 3.21. The molecule has 3 aromatic rings. The van der Waals surface area contributed by atoms with Gasteiger partial charge in [-0.1, -0.05) is 29.8 Å². The number of thioether (sulfide) groups is 1. The minimum atomic E-state index is -4.38. The summed E-state index contributed by atoms with van der Waals surface area (Å²) < 4.78 is 63.6. The minimum Gasteiger partial charge on any atom is -0.462 e. The van der Waals surface area contributed by atoms with Crippen LogP contribution < -0.4 is 4.31 Å². The molecule has 0 radical (unpaired) electrons. The van der Waals surface area contributed by atoms with Crippen LogP contribution in [0.5, 0.6) is 0 Å². The van der Waals surface area contributed by atoms with E-state index in [0.717, 1.165) is 33.5 Å². The number of benzene rings is 2. The Kier molecular flexibility index (Phi) is 7.14. The number of hydrogen-bond acceptors (Lipinski definition) is 8. The van der Waals surface area contributed by atoms with Crippen LogP contribution in [0.3, 0.4) is 0 Å². The summed E-state index contributed by atoms with van der Waals surface area (Å²) >= 11 is 11.3. The molecule has 34 heavy (non-hydrogen) atoms. The van der Waals surface area contributed by atoms with E-state index in [9.17, 15) is 21.6 Å². The molecule has 2 heterocycles. The number of fused-ring (bicyclic) bond motifs is 1. The van der Waals surface area contributed by atoms with E-state index in [2.05, 4.69) is 20.3 Å². The molecule has 1 aliphatic heterocycles. The van der Waals surface area contributed by atoms with E-state index in [0.29, 0.717) is 3.79 Å². The van der Waals surface area contributed by atoms with Gasteiger partial charge in [0.1, 0.15) is 9.10 Å². The van der Waals surface area contributed by atoms with Gasteiger partial charge in [-0.2, -0.15) is 16.8 Å². The lowest BCUT2D eigenvalue weighted by molar-refractivity contribution is 0.0526. The third kappa shape index (κ3) is 4.77. The molecule has 1 aromatic heterocycles. The number of thiophene rings is 1. The van der Waals surface area contributed by atoms with Gasteiger partial charge in [-0.15, -0.1) is 15.7 Å². The highest BCUT2D eigenvalue weighted by Gasteiger charge is 2.37. The number of carbonyl (C=O) groups excluding carboxylic acids is 1. The highest BCUT2D eigenvalue weighted by atomic mass is 79.9. The number of anilines is 1. The van der Waals surface area contributed by atoms with Crippen LogP contribution in [-0.2, 0) is 24.8 Å². The molecule has 0 unspecified atom stereocenters. The summed E-state index contributed by atoms with van der Waals surface area (Å²) in [7, 11) is -8.61. The van der Waals surface area contributed by atoms with Gasteiger partial charge >= 0.3 is 5.97 Å². The number of amidine groups is 1. The Morgan fingerprint density at radius 3 is 2.50 bits per heavy atom. The normalized spacial score (nSPS) is 14.7. The molecule has 0 saturated carbocycles. The lowest BCUT2D eigenvalue weighted by Gasteiger charge is -2.27. The Bertz CT molecular complexity index is 1520. The van der Waals surface area contributed by atoms with E-state index in [4.69, 9.17) is 16.3 Å². The minimum absolute atomic E-state index is 0.00888. The number of ether oxygens (including phenoxy) is 1. The van der Waals surface area contributed by atoms with Crippen molar-refractivity contribution in [1.29, 1.82) is 0 Å². The number of carbonyl (C=O) groups is 1. The maximum Gasteiger partial charge on any atom is 0.339 e. The summed E-state index contributed by atoms with van der Waals surface area (Å²) in [5.41, 5.74) is 0.0761. The Morgan fingerprint density at radius 1 is 1.18 bits per heavy atom. The van der Waals surface area contributed by atoms with Crippen molar-refractivity contribution in [1.82, 2.24) is 0 Å². The number of halogens is 2. The van der Waals surface area contributed by atoms with E-state index in [1.54, 1.807) is 31.2 Å². The summed E-state index contributed by atoms with van der Waals surface area (Å²) in [5, 5.41) is -0.333. The number of hydrogen-bond donors (Lipinski definition) is 0. The van der Waals surface area contributed by atoms with Crippen LogP contribution in [0.15, 0.2) is 76.8 Å². The fourth-order valence-electron chi connectivity index (χ4n) is 2.97. The monoisotopic (exact) mass is 620 g/mol. The van der Waals surface area contributed by atoms with Gasteiger partial charge in [-0.25, -0.2) is 9.10 Å². The standard InChI is InChI=1S/C20H14BrClN2O6S4/c1-2-30-19(25)13-10-16-15(11-14(13)22)31-20(23-33(16,26)27)24(12-6-4-3-5-7-12)34(28,29)18-9-8-17(21)32-18/h3-11H,2H2,1H3. The highest BCUT2D eigenvalue weighted by molar-refractivity contribution is 9.11. The Morgan fingerprint density at radius 2 is 1.88 bits per heavy atom. The first-order valence-corrected chi connectivity index (χ1v) is 15.1. The van der Waals surface area contributed by atoms with E-state index >= 15 is 0 Å².